The lowest BCUT2D eigenvalue weighted by Crippen LogP contribution is -2.19. The van der Waals surface area contributed by atoms with Crippen LogP contribution in [0.3, 0.4) is 0 Å². The standard InChI is InChI=1S/C27H27N3O4/c1-3-32-24-11-8-20(9-12-24)16-27(31)30-29-18-22-10-13-25(26(15-22)33-4-2)34-19-23-7-5-6-21(14-23)17-28/h5-15,18H,3-4,16,19H2,1-2H3,(H,30,31)/b29-18-. The van der Waals surface area contributed by atoms with Crippen LogP contribution in [-0.2, 0) is 17.8 Å². The number of hydrogen-bond donors (Lipinski definition) is 1. The highest BCUT2D eigenvalue weighted by atomic mass is 16.5. The third kappa shape index (κ3) is 7.38. The number of carbonyl (C=O) groups is 1. The molecule has 3 aromatic carbocycles. The van der Waals surface area contributed by atoms with Crippen LogP contribution in [0.5, 0.6) is 17.2 Å². The van der Waals surface area contributed by atoms with Crippen LogP contribution in [0.1, 0.15) is 36.1 Å². The molecule has 0 atom stereocenters. The van der Waals surface area contributed by atoms with E-state index in [9.17, 15) is 4.79 Å². The third-order valence-electron chi connectivity index (χ3n) is 4.72. The fourth-order valence-corrected chi connectivity index (χ4v) is 3.16. The van der Waals surface area contributed by atoms with Gasteiger partial charge < -0.3 is 14.2 Å². The van der Waals surface area contributed by atoms with E-state index in [2.05, 4.69) is 16.6 Å². The predicted octanol–water partition coefficient (Wildman–Crippen LogP) is 4.63. The van der Waals surface area contributed by atoms with Gasteiger partial charge in [-0.05, 0) is 73.0 Å². The Hall–Kier alpha value is -4.31. The molecule has 1 amide bonds. The molecule has 3 aromatic rings. The molecule has 7 nitrogen and oxygen atoms in total. The molecule has 0 radical (unpaired) electrons. The number of rotatable bonds is 11. The summed E-state index contributed by atoms with van der Waals surface area (Å²) in [7, 11) is 0. The van der Waals surface area contributed by atoms with Crippen LogP contribution in [0.2, 0.25) is 0 Å². The molecule has 0 saturated heterocycles. The minimum Gasteiger partial charge on any atom is -0.494 e. The number of amides is 1. The van der Waals surface area contributed by atoms with Gasteiger partial charge in [-0.25, -0.2) is 5.43 Å². The zero-order valence-corrected chi connectivity index (χ0v) is 19.3. The van der Waals surface area contributed by atoms with E-state index < -0.39 is 0 Å². The summed E-state index contributed by atoms with van der Waals surface area (Å²) in [5, 5.41) is 13.1. The average molecular weight is 458 g/mol. The molecule has 0 aliphatic heterocycles. The molecule has 34 heavy (non-hydrogen) atoms. The molecule has 7 heteroatoms. The lowest BCUT2D eigenvalue weighted by atomic mass is 10.1. The zero-order chi connectivity index (χ0) is 24.2. The average Bonchev–Trinajstić information content (AvgIpc) is 2.85. The van der Waals surface area contributed by atoms with Crippen LogP contribution >= 0.6 is 0 Å². The quantitative estimate of drug-likeness (QED) is 0.335. The van der Waals surface area contributed by atoms with Gasteiger partial charge in [0.25, 0.3) is 0 Å². The second-order valence-electron chi connectivity index (χ2n) is 7.29. The van der Waals surface area contributed by atoms with Crippen molar-refractivity contribution >= 4 is 12.1 Å². The van der Waals surface area contributed by atoms with Crippen molar-refractivity contribution in [1.29, 1.82) is 5.26 Å². The van der Waals surface area contributed by atoms with Gasteiger partial charge in [0.15, 0.2) is 11.5 Å². The molecule has 0 spiro atoms. The van der Waals surface area contributed by atoms with Gasteiger partial charge in [0.1, 0.15) is 12.4 Å². The van der Waals surface area contributed by atoms with Crippen molar-refractivity contribution in [3.63, 3.8) is 0 Å². The summed E-state index contributed by atoms with van der Waals surface area (Å²) >= 11 is 0. The number of nitrogens with zero attached hydrogens (tertiary/aromatic N) is 2. The number of ether oxygens (including phenoxy) is 3. The molecule has 0 bridgehead atoms. The Bertz CT molecular complexity index is 1170. The zero-order valence-electron chi connectivity index (χ0n) is 19.3. The maximum Gasteiger partial charge on any atom is 0.244 e. The van der Waals surface area contributed by atoms with Crippen molar-refractivity contribution in [1.82, 2.24) is 5.43 Å². The van der Waals surface area contributed by atoms with Gasteiger partial charge >= 0.3 is 0 Å². The number of nitrogens with one attached hydrogen (secondary N) is 1. The fraction of sp³-hybridized carbons (Fsp3) is 0.222. The summed E-state index contributed by atoms with van der Waals surface area (Å²) in [5.41, 5.74) is 5.65. The van der Waals surface area contributed by atoms with Crippen molar-refractivity contribution in [3.8, 4) is 23.3 Å². The molecule has 0 fully saturated rings. The number of nitriles is 1. The molecule has 0 aliphatic carbocycles. The maximum absolute atomic E-state index is 12.2. The van der Waals surface area contributed by atoms with Gasteiger partial charge in [-0.15, -0.1) is 0 Å². The van der Waals surface area contributed by atoms with E-state index in [1.807, 2.05) is 56.3 Å². The Morgan fingerprint density at radius 2 is 1.74 bits per heavy atom. The summed E-state index contributed by atoms with van der Waals surface area (Å²) in [5.74, 6) is 1.72. The Morgan fingerprint density at radius 3 is 2.47 bits per heavy atom. The summed E-state index contributed by atoms with van der Waals surface area (Å²) in [6, 6.07) is 22.2. The Labute approximate surface area is 199 Å². The van der Waals surface area contributed by atoms with E-state index >= 15 is 0 Å². The first-order valence-corrected chi connectivity index (χ1v) is 11.0. The smallest absolute Gasteiger partial charge is 0.244 e. The SMILES string of the molecule is CCOc1ccc(CC(=O)N/N=C\c2ccc(OCc3cccc(C#N)c3)c(OCC)c2)cc1. The molecule has 0 saturated carbocycles. The first kappa shape index (κ1) is 24.3. The molecular formula is C27H27N3O4. The number of benzene rings is 3. The Morgan fingerprint density at radius 1 is 0.941 bits per heavy atom. The monoisotopic (exact) mass is 457 g/mol. The molecule has 1 N–H and O–H groups in total. The van der Waals surface area contributed by atoms with E-state index in [1.54, 1.807) is 30.5 Å². The van der Waals surface area contributed by atoms with Gasteiger partial charge in [-0.2, -0.15) is 10.4 Å². The van der Waals surface area contributed by atoms with Crippen LogP contribution in [-0.4, -0.2) is 25.3 Å². The van der Waals surface area contributed by atoms with Gasteiger partial charge in [-0.3, -0.25) is 4.79 Å². The first-order valence-electron chi connectivity index (χ1n) is 11.0. The van der Waals surface area contributed by atoms with Crippen molar-refractivity contribution in [2.75, 3.05) is 13.2 Å². The van der Waals surface area contributed by atoms with Gasteiger partial charge in [-0.1, -0.05) is 24.3 Å². The van der Waals surface area contributed by atoms with Crippen molar-refractivity contribution < 1.29 is 19.0 Å². The van der Waals surface area contributed by atoms with Crippen molar-refractivity contribution in [2.45, 2.75) is 26.9 Å². The van der Waals surface area contributed by atoms with Crippen molar-refractivity contribution in [2.24, 2.45) is 5.10 Å². The fourth-order valence-electron chi connectivity index (χ4n) is 3.16. The van der Waals surface area contributed by atoms with Crippen molar-refractivity contribution in [3.05, 3.63) is 89.0 Å². The molecule has 0 aliphatic rings. The highest BCUT2D eigenvalue weighted by Gasteiger charge is 2.08. The van der Waals surface area contributed by atoms with Crippen LogP contribution in [0.25, 0.3) is 0 Å². The lowest BCUT2D eigenvalue weighted by molar-refractivity contribution is -0.120. The molecule has 3 rings (SSSR count). The predicted molar refractivity (Wildman–Crippen MR) is 130 cm³/mol. The second-order valence-corrected chi connectivity index (χ2v) is 7.29. The molecular weight excluding hydrogens is 430 g/mol. The number of carbonyl (C=O) groups excluding carboxylic acids is 1. The Balaban J connectivity index is 1.58. The summed E-state index contributed by atoms with van der Waals surface area (Å²) in [6.45, 7) is 5.20. The van der Waals surface area contributed by atoms with E-state index in [1.165, 1.54) is 0 Å². The minimum absolute atomic E-state index is 0.216. The highest BCUT2D eigenvalue weighted by molar-refractivity contribution is 5.84. The summed E-state index contributed by atoms with van der Waals surface area (Å²) < 4.78 is 17.0. The van der Waals surface area contributed by atoms with E-state index in [0.29, 0.717) is 36.9 Å². The first-order chi connectivity index (χ1) is 16.6. The number of hydrogen-bond acceptors (Lipinski definition) is 6. The molecule has 0 unspecified atom stereocenters. The lowest BCUT2D eigenvalue weighted by Gasteiger charge is -2.12. The largest absolute Gasteiger partial charge is 0.494 e. The van der Waals surface area contributed by atoms with Gasteiger partial charge in [0.05, 0.1) is 37.5 Å². The van der Waals surface area contributed by atoms with Crippen LogP contribution in [0, 0.1) is 11.3 Å². The number of hydrazone groups is 1. The third-order valence-corrected chi connectivity index (χ3v) is 4.72. The van der Waals surface area contributed by atoms with E-state index in [4.69, 9.17) is 19.5 Å². The molecule has 0 heterocycles. The maximum atomic E-state index is 12.2. The van der Waals surface area contributed by atoms with Gasteiger partial charge in [0.2, 0.25) is 5.91 Å². The van der Waals surface area contributed by atoms with Crippen LogP contribution in [0.4, 0.5) is 0 Å². The summed E-state index contributed by atoms with van der Waals surface area (Å²) in [6.07, 6.45) is 1.77. The highest BCUT2D eigenvalue weighted by Crippen LogP contribution is 2.29. The van der Waals surface area contributed by atoms with Gasteiger partial charge in [0, 0.05) is 0 Å². The van der Waals surface area contributed by atoms with Crippen LogP contribution in [0.15, 0.2) is 71.8 Å². The molecule has 0 aromatic heterocycles. The van der Waals surface area contributed by atoms with E-state index in [-0.39, 0.29) is 12.3 Å². The molecule has 174 valence electrons. The normalized spacial score (nSPS) is 10.5. The Kier molecular flexibility index (Phi) is 9.06. The minimum atomic E-state index is -0.218. The summed E-state index contributed by atoms with van der Waals surface area (Å²) in [4.78, 5) is 12.2. The van der Waals surface area contributed by atoms with E-state index in [0.717, 1.165) is 22.4 Å². The topological polar surface area (TPSA) is 92.9 Å². The second kappa shape index (κ2) is 12.7. The van der Waals surface area contributed by atoms with Crippen LogP contribution < -0.4 is 19.6 Å².